The number of carbonyl (C=O) groups excluding carboxylic acids is 1. The molecule has 0 atom stereocenters. The smallest absolute Gasteiger partial charge is 0.319 e. The molecule has 0 aliphatic rings. The number of hydrogen-bond acceptors (Lipinski definition) is 2. The second kappa shape index (κ2) is 7.79. The zero-order valence-corrected chi connectivity index (χ0v) is 12.2. The van der Waals surface area contributed by atoms with E-state index in [2.05, 4.69) is 10.6 Å². The van der Waals surface area contributed by atoms with Gasteiger partial charge >= 0.3 is 6.03 Å². The molecular formula is C15H24N2O2. The van der Waals surface area contributed by atoms with Gasteiger partial charge in [-0.3, -0.25) is 0 Å². The fourth-order valence-electron chi connectivity index (χ4n) is 1.63. The average Bonchev–Trinajstić information content (AvgIpc) is 2.33. The summed E-state index contributed by atoms with van der Waals surface area (Å²) in [6, 6.07) is 5.83. The zero-order valence-electron chi connectivity index (χ0n) is 12.2. The Morgan fingerprint density at radius 3 is 2.74 bits per heavy atom. The maximum Gasteiger partial charge on any atom is 0.319 e. The van der Waals surface area contributed by atoms with Crippen LogP contribution in [0.15, 0.2) is 18.2 Å². The highest BCUT2D eigenvalue weighted by molar-refractivity contribution is 5.90. The number of nitrogens with one attached hydrogen (secondary N) is 2. The zero-order chi connectivity index (χ0) is 14.3. The highest BCUT2D eigenvalue weighted by Crippen LogP contribution is 2.15. The summed E-state index contributed by atoms with van der Waals surface area (Å²) < 4.78 is 5.41. The Bertz CT molecular complexity index is 417. The molecule has 2 N–H and O–H groups in total. The summed E-state index contributed by atoms with van der Waals surface area (Å²) in [6.45, 7) is 9.27. The van der Waals surface area contributed by atoms with E-state index in [1.54, 1.807) is 0 Å². The van der Waals surface area contributed by atoms with Crippen molar-refractivity contribution in [1.29, 1.82) is 0 Å². The summed E-state index contributed by atoms with van der Waals surface area (Å²) in [5.41, 5.74) is 3.05. The van der Waals surface area contributed by atoms with Crippen LogP contribution in [0.5, 0.6) is 0 Å². The summed E-state index contributed by atoms with van der Waals surface area (Å²) in [5.74, 6) is 0. The molecule has 0 heterocycles. The fourth-order valence-corrected chi connectivity index (χ4v) is 1.63. The molecule has 0 unspecified atom stereocenters. The summed E-state index contributed by atoms with van der Waals surface area (Å²) in [7, 11) is 0. The van der Waals surface area contributed by atoms with E-state index in [-0.39, 0.29) is 12.1 Å². The summed E-state index contributed by atoms with van der Waals surface area (Å²) >= 11 is 0. The first-order chi connectivity index (χ1) is 8.99. The van der Waals surface area contributed by atoms with Gasteiger partial charge in [0.25, 0.3) is 0 Å². The van der Waals surface area contributed by atoms with E-state index in [9.17, 15) is 4.79 Å². The van der Waals surface area contributed by atoms with Crippen LogP contribution in [0.2, 0.25) is 0 Å². The van der Waals surface area contributed by atoms with E-state index in [4.69, 9.17) is 4.74 Å². The van der Waals surface area contributed by atoms with Crippen LogP contribution in [-0.4, -0.2) is 25.3 Å². The second-order valence-corrected chi connectivity index (χ2v) is 4.97. The van der Waals surface area contributed by atoms with E-state index in [1.165, 1.54) is 0 Å². The van der Waals surface area contributed by atoms with Gasteiger partial charge in [0.05, 0.1) is 6.10 Å². The van der Waals surface area contributed by atoms with Crippen molar-refractivity contribution in [3.8, 4) is 0 Å². The molecule has 4 heteroatoms. The van der Waals surface area contributed by atoms with E-state index in [1.807, 2.05) is 45.9 Å². The van der Waals surface area contributed by atoms with Gasteiger partial charge < -0.3 is 15.4 Å². The number of hydrogen-bond donors (Lipinski definition) is 2. The van der Waals surface area contributed by atoms with Crippen molar-refractivity contribution in [3.63, 3.8) is 0 Å². The number of urea groups is 1. The van der Waals surface area contributed by atoms with Gasteiger partial charge in [-0.05, 0) is 51.3 Å². The number of carbonyl (C=O) groups is 1. The Hall–Kier alpha value is -1.55. The van der Waals surface area contributed by atoms with Crippen molar-refractivity contribution in [1.82, 2.24) is 5.32 Å². The van der Waals surface area contributed by atoms with Crippen molar-refractivity contribution in [3.05, 3.63) is 29.3 Å². The predicted octanol–water partition coefficient (Wildman–Crippen LogP) is 3.24. The van der Waals surface area contributed by atoms with Crippen molar-refractivity contribution >= 4 is 11.7 Å². The molecule has 19 heavy (non-hydrogen) atoms. The third-order valence-electron chi connectivity index (χ3n) is 2.70. The summed E-state index contributed by atoms with van der Waals surface area (Å²) in [6.07, 6.45) is 1.06. The number of benzene rings is 1. The van der Waals surface area contributed by atoms with Crippen molar-refractivity contribution in [2.24, 2.45) is 0 Å². The second-order valence-electron chi connectivity index (χ2n) is 4.97. The Labute approximate surface area is 115 Å². The summed E-state index contributed by atoms with van der Waals surface area (Å²) in [4.78, 5) is 11.7. The molecule has 4 nitrogen and oxygen atoms in total. The molecule has 0 aliphatic carbocycles. The standard InChI is InChI=1S/C15H24N2O2/c1-11(2)19-9-5-8-16-15(18)17-14-10-12(3)6-7-13(14)4/h6-7,10-11H,5,8-9H2,1-4H3,(H2,16,17,18). The lowest BCUT2D eigenvalue weighted by Crippen LogP contribution is -2.30. The molecule has 106 valence electrons. The molecule has 0 bridgehead atoms. The molecule has 2 amide bonds. The van der Waals surface area contributed by atoms with Gasteiger partial charge in [0.15, 0.2) is 0 Å². The quantitative estimate of drug-likeness (QED) is 0.775. The third-order valence-corrected chi connectivity index (χ3v) is 2.70. The topological polar surface area (TPSA) is 50.4 Å². The first kappa shape index (κ1) is 15.5. The van der Waals surface area contributed by atoms with Crippen molar-refractivity contribution < 1.29 is 9.53 Å². The van der Waals surface area contributed by atoms with Crippen molar-refractivity contribution in [2.75, 3.05) is 18.5 Å². The van der Waals surface area contributed by atoms with Crippen LogP contribution in [-0.2, 0) is 4.74 Å². The largest absolute Gasteiger partial charge is 0.379 e. The fraction of sp³-hybridized carbons (Fsp3) is 0.533. The molecular weight excluding hydrogens is 240 g/mol. The molecule has 1 aromatic carbocycles. The molecule has 0 saturated heterocycles. The summed E-state index contributed by atoms with van der Waals surface area (Å²) in [5, 5.41) is 5.68. The highest BCUT2D eigenvalue weighted by atomic mass is 16.5. The van der Waals surface area contributed by atoms with Gasteiger partial charge in [-0.2, -0.15) is 0 Å². The van der Waals surface area contributed by atoms with Crippen LogP contribution >= 0.6 is 0 Å². The minimum Gasteiger partial charge on any atom is -0.379 e. The molecule has 1 aromatic rings. The first-order valence-electron chi connectivity index (χ1n) is 6.72. The Kier molecular flexibility index (Phi) is 6.36. The van der Waals surface area contributed by atoms with Crippen LogP contribution < -0.4 is 10.6 Å². The number of ether oxygens (including phenoxy) is 1. The Morgan fingerprint density at radius 1 is 1.32 bits per heavy atom. The molecule has 0 fully saturated rings. The molecule has 0 saturated carbocycles. The van der Waals surface area contributed by atoms with Gasteiger partial charge in [-0.25, -0.2) is 4.79 Å². The van der Waals surface area contributed by atoms with Gasteiger partial charge in [0.2, 0.25) is 0 Å². The minimum atomic E-state index is -0.168. The van der Waals surface area contributed by atoms with Crippen LogP contribution in [0.4, 0.5) is 10.5 Å². The first-order valence-corrected chi connectivity index (χ1v) is 6.72. The van der Waals surface area contributed by atoms with Crippen LogP contribution in [0, 0.1) is 13.8 Å². The van der Waals surface area contributed by atoms with E-state index in [0.29, 0.717) is 13.2 Å². The minimum absolute atomic E-state index is 0.168. The van der Waals surface area contributed by atoms with Gasteiger partial charge in [0, 0.05) is 18.8 Å². The number of anilines is 1. The SMILES string of the molecule is Cc1ccc(C)c(NC(=O)NCCCOC(C)C)c1. The lowest BCUT2D eigenvalue weighted by molar-refractivity contribution is 0.0775. The Morgan fingerprint density at radius 2 is 2.05 bits per heavy atom. The molecule has 0 spiro atoms. The van der Waals surface area contributed by atoms with E-state index in [0.717, 1.165) is 23.2 Å². The molecule has 0 radical (unpaired) electrons. The molecule has 0 aliphatic heterocycles. The normalized spacial score (nSPS) is 10.6. The van der Waals surface area contributed by atoms with Crippen LogP contribution in [0.25, 0.3) is 0 Å². The maximum absolute atomic E-state index is 11.7. The van der Waals surface area contributed by atoms with E-state index >= 15 is 0 Å². The van der Waals surface area contributed by atoms with Crippen LogP contribution in [0.3, 0.4) is 0 Å². The third kappa shape index (κ3) is 6.25. The van der Waals surface area contributed by atoms with Crippen LogP contribution in [0.1, 0.15) is 31.4 Å². The predicted molar refractivity (Wildman–Crippen MR) is 78.6 cm³/mol. The van der Waals surface area contributed by atoms with Gasteiger partial charge in [-0.15, -0.1) is 0 Å². The lowest BCUT2D eigenvalue weighted by Gasteiger charge is -2.11. The Balaban J connectivity index is 2.29. The van der Waals surface area contributed by atoms with Gasteiger partial charge in [-0.1, -0.05) is 12.1 Å². The number of aryl methyl sites for hydroxylation is 2. The number of amides is 2. The maximum atomic E-state index is 11.7. The average molecular weight is 264 g/mol. The molecule has 0 aromatic heterocycles. The van der Waals surface area contributed by atoms with Crippen molar-refractivity contribution in [2.45, 2.75) is 40.2 Å². The molecule has 1 rings (SSSR count). The van der Waals surface area contributed by atoms with E-state index < -0.39 is 0 Å². The monoisotopic (exact) mass is 264 g/mol. The number of rotatable bonds is 6. The highest BCUT2D eigenvalue weighted by Gasteiger charge is 2.04. The van der Waals surface area contributed by atoms with Gasteiger partial charge in [0.1, 0.15) is 0 Å². The lowest BCUT2D eigenvalue weighted by atomic mass is 10.1.